The van der Waals surface area contributed by atoms with Crippen molar-refractivity contribution in [2.75, 3.05) is 0 Å². The van der Waals surface area contributed by atoms with Crippen molar-refractivity contribution < 1.29 is 0 Å². The lowest BCUT2D eigenvalue weighted by molar-refractivity contribution is 0.218. The van der Waals surface area contributed by atoms with Crippen LogP contribution in [0.25, 0.3) is 10.2 Å². The monoisotopic (exact) mass is 294 g/mol. The summed E-state index contributed by atoms with van der Waals surface area (Å²) in [4.78, 5) is 11.4. The summed E-state index contributed by atoms with van der Waals surface area (Å²) in [6.07, 6.45) is 3.52. The topological polar surface area (TPSA) is 25.8 Å². The highest BCUT2D eigenvalue weighted by Crippen LogP contribution is 2.44. The number of halogens is 1. The van der Waals surface area contributed by atoms with Crippen molar-refractivity contribution in [1.82, 2.24) is 9.97 Å². The lowest BCUT2D eigenvalue weighted by Crippen LogP contribution is -2.26. The van der Waals surface area contributed by atoms with Crippen LogP contribution in [-0.4, -0.2) is 9.97 Å². The Kier molecular flexibility index (Phi) is 3.10. The summed E-state index contributed by atoms with van der Waals surface area (Å²) in [5.74, 6) is 1.52. The van der Waals surface area contributed by atoms with E-state index in [0.717, 1.165) is 34.8 Å². The van der Waals surface area contributed by atoms with E-state index in [-0.39, 0.29) is 0 Å². The predicted molar refractivity (Wildman–Crippen MR) is 82.1 cm³/mol. The molecule has 102 valence electrons. The highest BCUT2D eigenvalue weighted by atomic mass is 35.5. The van der Waals surface area contributed by atoms with Crippen molar-refractivity contribution in [3.8, 4) is 0 Å². The lowest BCUT2D eigenvalue weighted by atomic mass is 9.72. The number of hydrogen-bond donors (Lipinski definition) is 0. The maximum Gasteiger partial charge on any atom is 0.141 e. The van der Waals surface area contributed by atoms with Gasteiger partial charge in [-0.1, -0.05) is 32.4 Å². The van der Waals surface area contributed by atoms with Crippen molar-refractivity contribution >= 4 is 33.2 Å². The molecule has 2 heterocycles. The summed E-state index contributed by atoms with van der Waals surface area (Å²) >= 11 is 8.13. The van der Waals surface area contributed by atoms with E-state index in [1.54, 1.807) is 0 Å². The quantitative estimate of drug-likeness (QED) is 0.652. The first-order chi connectivity index (χ1) is 8.86. The first kappa shape index (κ1) is 13.3. The van der Waals surface area contributed by atoms with Gasteiger partial charge in [0.25, 0.3) is 0 Å². The standard InChI is InChI=1S/C15H19ClN2S/c1-8-17-13(16)12-10-6-5-9(15(2,3)4)7-11(10)19-14(12)18-8/h9H,5-7H2,1-4H3. The van der Waals surface area contributed by atoms with Gasteiger partial charge in [-0.2, -0.15) is 0 Å². The molecule has 0 N–H and O–H groups in total. The summed E-state index contributed by atoms with van der Waals surface area (Å²) in [6.45, 7) is 8.93. The molecule has 3 rings (SSSR count). The van der Waals surface area contributed by atoms with Gasteiger partial charge in [-0.3, -0.25) is 0 Å². The molecule has 1 unspecified atom stereocenters. The van der Waals surface area contributed by atoms with Gasteiger partial charge in [-0.05, 0) is 43.1 Å². The first-order valence-electron chi connectivity index (χ1n) is 6.80. The Morgan fingerprint density at radius 3 is 2.68 bits per heavy atom. The van der Waals surface area contributed by atoms with Gasteiger partial charge < -0.3 is 0 Å². The minimum atomic E-state index is 0.374. The molecule has 0 aromatic carbocycles. The molecular formula is C15H19ClN2S. The number of rotatable bonds is 0. The number of fused-ring (bicyclic) bond motifs is 3. The fourth-order valence-corrected chi connectivity index (χ4v) is 4.70. The summed E-state index contributed by atoms with van der Waals surface area (Å²) < 4.78 is 0. The summed E-state index contributed by atoms with van der Waals surface area (Å²) in [5.41, 5.74) is 1.78. The largest absolute Gasteiger partial charge is 0.222 e. The van der Waals surface area contributed by atoms with Crippen LogP contribution >= 0.6 is 22.9 Å². The Morgan fingerprint density at radius 2 is 2.00 bits per heavy atom. The fraction of sp³-hybridized carbons (Fsp3) is 0.600. The van der Waals surface area contributed by atoms with Crippen molar-refractivity contribution in [3.63, 3.8) is 0 Å². The molecule has 2 aromatic rings. The predicted octanol–water partition coefficient (Wildman–Crippen LogP) is 4.80. The van der Waals surface area contributed by atoms with Gasteiger partial charge in [-0.25, -0.2) is 9.97 Å². The molecule has 0 saturated heterocycles. The number of aromatic nitrogens is 2. The summed E-state index contributed by atoms with van der Waals surface area (Å²) in [7, 11) is 0. The van der Waals surface area contributed by atoms with Gasteiger partial charge in [0.15, 0.2) is 0 Å². The fourth-order valence-electron chi connectivity index (χ4n) is 2.97. The number of nitrogens with zero attached hydrogens (tertiary/aromatic N) is 2. The van der Waals surface area contributed by atoms with Crippen LogP contribution in [0.15, 0.2) is 0 Å². The highest BCUT2D eigenvalue weighted by Gasteiger charge is 2.31. The van der Waals surface area contributed by atoms with Crippen molar-refractivity contribution in [2.45, 2.75) is 47.0 Å². The third-order valence-electron chi connectivity index (χ3n) is 4.20. The van der Waals surface area contributed by atoms with Gasteiger partial charge >= 0.3 is 0 Å². The van der Waals surface area contributed by atoms with Crippen LogP contribution in [0.3, 0.4) is 0 Å². The maximum atomic E-state index is 6.32. The molecular weight excluding hydrogens is 276 g/mol. The van der Waals surface area contributed by atoms with Gasteiger partial charge in [0.05, 0.1) is 5.39 Å². The molecule has 0 bridgehead atoms. The number of thiophene rings is 1. The van der Waals surface area contributed by atoms with Crippen LogP contribution in [0.4, 0.5) is 0 Å². The third kappa shape index (κ3) is 2.27. The second-order valence-electron chi connectivity index (χ2n) is 6.55. The Labute approximate surface area is 123 Å². The van der Waals surface area contributed by atoms with E-state index in [1.165, 1.54) is 16.9 Å². The highest BCUT2D eigenvalue weighted by molar-refractivity contribution is 7.19. The third-order valence-corrected chi connectivity index (χ3v) is 5.62. The Bertz CT molecular complexity index is 640. The van der Waals surface area contributed by atoms with Crippen molar-refractivity contribution in [2.24, 2.45) is 11.3 Å². The molecule has 0 fully saturated rings. The molecule has 0 aliphatic heterocycles. The summed E-state index contributed by atoms with van der Waals surface area (Å²) in [6, 6.07) is 0. The van der Waals surface area contributed by atoms with E-state index in [9.17, 15) is 0 Å². The minimum absolute atomic E-state index is 0.374. The Morgan fingerprint density at radius 1 is 1.26 bits per heavy atom. The molecule has 19 heavy (non-hydrogen) atoms. The van der Waals surface area contributed by atoms with Crippen LogP contribution in [0.2, 0.25) is 5.15 Å². The molecule has 1 aliphatic carbocycles. The van der Waals surface area contributed by atoms with E-state index in [0.29, 0.717) is 10.6 Å². The smallest absolute Gasteiger partial charge is 0.141 e. The van der Waals surface area contributed by atoms with Crippen LogP contribution in [0.5, 0.6) is 0 Å². The molecule has 0 spiro atoms. The van der Waals surface area contributed by atoms with Crippen LogP contribution in [0, 0.1) is 18.3 Å². The van der Waals surface area contributed by atoms with Crippen LogP contribution in [-0.2, 0) is 12.8 Å². The maximum absolute atomic E-state index is 6.32. The molecule has 4 heteroatoms. The van der Waals surface area contributed by atoms with Gasteiger partial charge in [0.1, 0.15) is 15.8 Å². The Balaban J connectivity index is 2.10. The van der Waals surface area contributed by atoms with Crippen molar-refractivity contribution in [1.29, 1.82) is 0 Å². The molecule has 1 atom stereocenters. The number of aryl methyl sites for hydroxylation is 2. The average Bonchev–Trinajstić information content (AvgIpc) is 2.64. The number of hydrogen-bond acceptors (Lipinski definition) is 3. The lowest BCUT2D eigenvalue weighted by Gasteiger charge is -2.33. The van der Waals surface area contributed by atoms with E-state index in [2.05, 4.69) is 30.7 Å². The van der Waals surface area contributed by atoms with Crippen LogP contribution in [0.1, 0.15) is 43.5 Å². The molecule has 2 aromatic heterocycles. The van der Waals surface area contributed by atoms with Gasteiger partial charge in [0.2, 0.25) is 0 Å². The van der Waals surface area contributed by atoms with E-state index < -0.39 is 0 Å². The molecule has 0 saturated carbocycles. The zero-order valence-electron chi connectivity index (χ0n) is 11.9. The normalized spacial score (nSPS) is 19.7. The van der Waals surface area contributed by atoms with Crippen LogP contribution < -0.4 is 0 Å². The second-order valence-corrected chi connectivity index (χ2v) is 7.99. The summed E-state index contributed by atoms with van der Waals surface area (Å²) in [5, 5.41) is 1.74. The first-order valence-corrected chi connectivity index (χ1v) is 8.00. The van der Waals surface area contributed by atoms with Gasteiger partial charge in [0, 0.05) is 4.88 Å². The van der Waals surface area contributed by atoms with E-state index in [1.807, 2.05) is 18.3 Å². The molecule has 2 nitrogen and oxygen atoms in total. The zero-order valence-corrected chi connectivity index (χ0v) is 13.5. The SMILES string of the molecule is Cc1nc(Cl)c2c3c(sc2n1)CC(C(C)(C)C)CC3. The van der Waals surface area contributed by atoms with E-state index >= 15 is 0 Å². The second kappa shape index (κ2) is 4.42. The minimum Gasteiger partial charge on any atom is -0.222 e. The molecule has 1 aliphatic rings. The zero-order chi connectivity index (χ0) is 13.8. The molecule has 0 amide bonds. The van der Waals surface area contributed by atoms with Crippen molar-refractivity contribution in [3.05, 3.63) is 21.4 Å². The Hall–Kier alpha value is -0.670. The van der Waals surface area contributed by atoms with Gasteiger partial charge in [-0.15, -0.1) is 11.3 Å². The average molecular weight is 295 g/mol. The van der Waals surface area contributed by atoms with E-state index in [4.69, 9.17) is 11.6 Å². The molecule has 0 radical (unpaired) electrons.